The van der Waals surface area contributed by atoms with E-state index in [9.17, 15) is 9.59 Å². The van der Waals surface area contributed by atoms with E-state index in [1.165, 1.54) is 12.7 Å². The van der Waals surface area contributed by atoms with Crippen molar-refractivity contribution in [2.24, 2.45) is 0 Å². The van der Waals surface area contributed by atoms with Crippen LogP contribution in [0.4, 0.5) is 0 Å². The SMILES string of the molecule is CCc1ccc(CCC(=O)N2Cc3ccccc3CC2C(=O)OC)cc1. The summed E-state index contributed by atoms with van der Waals surface area (Å²) in [6.45, 7) is 2.59. The molecule has 0 aliphatic carbocycles. The number of aryl methyl sites for hydroxylation is 2. The van der Waals surface area contributed by atoms with Gasteiger partial charge < -0.3 is 9.64 Å². The van der Waals surface area contributed by atoms with E-state index < -0.39 is 6.04 Å². The zero-order valence-corrected chi connectivity index (χ0v) is 15.4. The lowest BCUT2D eigenvalue weighted by Crippen LogP contribution is -2.49. The quantitative estimate of drug-likeness (QED) is 0.777. The first kappa shape index (κ1) is 18.2. The largest absolute Gasteiger partial charge is 0.467 e. The van der Waals surface area contributed by atoms with Crippen molar-refractivity contribution in [2.75, 3.05) is 7.11 Å². The van der Waals surface area contributed by atoms with Gasteiger partial charge in [0.15, 0.2) is 0 Å². The fraction of sp³-hybridized carbons (Fsp3) is 0.364. The number of esters is 1. The molecule has 0 radical (unpaired) electrons. The van der Waals surface area contributed by atoms with E-state index in [4.69, 9.17) is 4.74 Å². The molecule has 0 N–H and O–H groups in total. The summed E-state index contributed by atoms with van der Waals surface area (Å²) in [5.41, 5.74) is 4.65. The minimum atomic E-state index is -0.537. The van der Waals surface area contributed by atoms with Crippen LogP contribution in [-0.2, 0) is 40.1 Å². The van der Waals surface area contributed by atoms with Crippen molar-refractivity contribution in [3.63, 3.8) is 0 Å². The van der Waals surface area contributed by atoms with Gasteiger partial charge in [-0.25, -0.2) is 4.79 Å². The van der Waals surface area contributed by atoms with Crippen molar-refractivity contribution < 1.29 is 14.3 Å². The second kappa shape index (κ2) is 8.17. The first-order chi connectivity index (χ1) is 12.6. The van der Waals surface area contributed by atoms with Gasteiger partial charge in [-0.05, 0) is 35.1 Å². The van der Waals surface area contributed by atoms with Gasteiger partial charge in [0.25, 0.3) is 0 Å². The highest BCUT2D eigenvalue weighted by atomic mass is 16.5. The summed E-state index contributed by atoms with van der Waals surface area (Å²) in [5.74, 6) is -0.352. The number of carbonyl (C=O) groups is 2. The van der Waals surface area contributed by atoms with Gasteiger partial charge in [0.1, 0.15) is 6.04 Å². The van der Waals surface area contributed by atoms with Crippen LogP contribution in [0.15, 0.2) is 48.5 Å². The summed E-state index contributed by atoms with van der Waals surface area (Å²) in [7, 11) is 1.38. The van der Waals surface area contributed by atoms with Gasteiger partial charge >= 0.3 is 5.97 Å². The summed E-state index contributed by atoms with van der Waals surface area (Å²) >= 11 is 0. The van der Waals surface area contributed by atoms with Crippen LogP contribution in [0.1, 0.15) is 35.6 Å². The molecular formula is C22H25NO3. The van der Waals surface area contributed by atoms with Crippen molar-refractivity contribution in [1.82, 2.24) is 4.90 Å². The smallest absolute Gasteiger partial charge is 0.328 e. The van der Waals surface area contributed by atoms with E-state index in [1.807, 2.05) is 24.3 Å². The van der Waals surface area contributed by atoms with E-state index in [1.54, 1.807) is 4.90 Å². The molecular weight excluding hydrogens is 326 g/mol. The summed E-state index contributed by atoms with van der Waals surface area (Å²) in [5, 5.41) is 0. The number of ether oxygens (including phenoxy) is 1. The molecule has 3 rings (SSSR count). The molecule has 0 spiro atoms. The molecule has 2 aromatic carbocycles. The zero-order chi connectivity index (χ0) is 18.5. The Balaban J connectivity index is 1.71. The van der Waals surface area contributed by atoms with E-state index in [-0.39, 0.29) is 11.9 Å². The molecule has 4 heteroatoms. The predicted molar refractivity (Wildman–Crippen MR) is 101 cm³/mol. The first-order valence-corrected chi connectivity index (χ1v) is 9.14. The normalized spacial score (nSPS) is 16.1. The van der Waals surface area contributed by atoms with Gasteiger partial charge in [-0.2, -0.15) is 0 Å². The van der Waals surface area contributed by atoms with Gasteiger partial charge in [-0.15, -0.1) is 0 Å². The van der Waals surface area contributed by atoms with E-state index in [0.29, 0.717) is 25.8 Å². The monoisotopic (exact) mass is 351 g/mol. The van der Waals surface area contributed by atoms with Gasteiger partial charge in [0.05, 0.1) is 7.11 Å². The lowest BCUT2D eigenvalue weighted by molar-refractivity contribution is -0.154. The maximum Gasteiger partial charge on any atom is 0.328 e. The highest BCUT2D eigenvalue weighted by molar-refractivity contribution is 5.85. The maximum absolute atomic E-state index is 12.9. The number of benzene rings is 2. The third-order valence-electron chi connectivity index (χ3n) is 5.10. The molecule has 4 nitrogen and oxygen atoms in total. The maximum atomic E-state index is 12.9. The fourth-order valence-electron chi connectivity index (χ4n) is 3.47. The van der Waals surface area contributed by atoms with Crippen LogP contribution in [0, 0.1) is 0 Å². The molecule has 1 heterocycles. The Morgan fingerprint density at radius 3 is 2.35 bits per heavy atom. The topological polar surface area (TPSA) is 46.6 Å². The fourth-order valence-corrected chi connectivity index (χ4v) is 3.47. The molecule has 0 aromatic heterocycles. The lowest BCUT2D eigenvalue weighted by atomic mass is 9.93. The molecule has 26 heavy (non-hydrogen) atoms. The molecule has 0 fully saturated rings. The summed E-state index contributed by atoms with van der Waals surface area (Å²) in [4.78, 5) is 26.7. The van der Waals surface area contributed by atoms with Crippen LogP contribution in [0.5, 0.6) is 0 Å². The molecule has 1 atom stereocenters. The second-order valence-electron chi connectivity index (χ2n) is 6.70. The van der Waals surface area contributed by atoms with Crippen LogP contribution < -0.4 is 0 Å². The number of hydrogen-bond donors (Lipinski definition) is 0. The molecule has 0 saturated heterocycles. The van der Waals surface area contributed by atoms with Gasteiger partial charge in [0, 0.05) is 19.4 Å². The van der Waals surface area contributed by atoms with Crippen molar-refractivity contribution in [3.05, 3.63) is 70.8 Å². The average molecular weight is 351 g/mol. The third-order valence-corrected chi connectivity index (χ3v) is 5.10. The van der Waals surface area contributed by atoms with Gasteiger partial charge in [-0.1, -0.05) is 55.5 Å². The Morgan fingerprint density at radius 1 is 1.04 bits per heavy atom. The molecule has 1 amide bonds. The highest BCUT2D eigenvalue weighted by Crippen LogP contribution is 2.25. The summed E-state index contributed by atoms with van der Waals surface area (Å²) in [6.07, 6.45) is 2.59. The van der Waals surface area contributed by atoms with Crippen molar-refractivity contribution in [3.8, 4) is 0 Å². The molecule has 1 unspecified atom stereocenters. The van der Waals surface area contributed by atoms with Crippen LogP contribution in [0.2, 0.25) is 0 Å². The molecule has 136 valence electrons. The number of amides is 1. The molecule has 2 aromatic rings. The molecule has 1 aliphatic heterocycles. The van der Waals surface area contributed by atoms with Gasteiger partial charge in [-0.3, -0.25) is 4.79 Å². The van der Waals surface area contributed by atoms with Crippen molar-refractivity contribution in [2.45, 2.75) is 45.2 Å². The number of methoxy groups -OCH3 is 1. The van der Waals surface area contributed by atoms with E-state index >= 15 is 0 Å². The Hall–Kier alpha value is -2.62. The number of hydrogen-bond acceptors (Lipinski definition) is 3. The molecule has 1 aliphatic rings. The Kier molecular flexibility index (Phi) is 5.71. The Bertz CT molecular complexity index is 782. The first-order valence-electron chi connectivity index (χ1n) is 9.14. The van der Waals surface area contributed by atoms with E-state index in [0.717, 1.165) is 23.1 Å². The summed E-state index contributed by atoms with van der Waals surface area (Å²) < 4.78 is 4.94. The number of fused-ring (bicyclic) bond motifs is 1. The number of carbonyl (C=O) groups excluding carboxylic acids is 2. The minimum Gasteiger partial charge on any atom is -0.467 e. The number of nitrogens with zero attached hydrogens (tertiary/aromatic N) is 1. The predicted octanol–water partition coefficient (Wildman–Crippen LogP) is 3.31. The zero-order valence-electron chi connectivity index (χ0n) is 15.4. The molecule has 0 bridgehead atoms. The highest BCUT2D eigenvalue weighted by Gasteiger charge is 2.34. The summed E-state index contributed by atoms with van der Waals surface area (Å²) in [6, 6.07) is 15.8. The Labute approximate surface area is 154 Å². The second-order valence-corrected chi connectivity index (χ2v) is 6.70. The van der Waals surface area contributed by atoms with Crippen LogP contribution in [0.25, 0.3) is 0 Å². The number of rotatable bonds is 5. The van der Waals surface area contributed by atoms with Crippen LogP contribution >= 0.6 is 0 Å². The third kappa shape index (κ3) is 3.96. The average Bonchev–Trinajstić information content (AvgIpc) is 2.70. The van der Waals surface area contributed by atoms with Crippen molar-refractivity contribution in [1.29, 1.82) is 0 Å². The van der Waals surface area contributed by atoms with Crippen LogP contribution in [-0.4, -0.2) is 29.9 Å². The van der Waals surface area contributed by atoms with Crippen molar-refractivity contribution >= 4 is 11.9 Å². The standard InChI is InChI=1S/C22H25NO3/c1-3-16-8-10-17(11-9-16)12-13-21(24)23-15-19-7-5-4-6-18(19)14-20(23)22(25)26-2/h4-11,20H,3,12-15H2,1-2H3. The van der Waals surface area contributed by atoms with Crippen LogP contribution in [0.3, 0.4) is 0 Å². The lowest BCUT2D eigenvalue weighted by Gasteiger charge is -2.35. The van der Waals surface area contributed by atoms with E-state index in [2.05, 4.69) is 31.2 Å². The Morgan fingerprint density at radius 2 is 1.69 bits per heavy atom. The van der Waals surface area contributed by atoms with Gasteiger partial charge in [0.2, 0.25) is 5.91 Å². The minimum absolute atomic E-state index is 0.00512. The molecule has 0 saturated carbocycles.